The normalized spacial score (nSPS) is 20.8. The van der Waals surface area contributed by atoms with Crippen LogP contribution in [-0.4, -0.2) is 26.8 Å². The lowest BCUT2D eigenvalue weighted by Gasteiger charge is -2.25. The van der Waals surface area contributed by atoms with E-state index in [0.717, 1.165) is 6.54 Å². The van der Waals surface area contributed by atoms with Gasteiger partial charge in [-0.2, -0.15) is 0 Å². The third-order valence-corrected chi connectivity index (χ3v) is 2.85. The van der Waals surface area contributed by atoms with E-state index in [1.165, 1.54) is 13.2 Å². The van der Waals surface area contributed by atoms with Crippen molar-refractivity contribution in [3.8, 4) is 5.75 Å². The van der Waals surface area contributed by atoms with Crippen molar-refractivity contribution in [1.82, 2.24) is 5.32 Å². The second-order valence-corrected chi connectivity index (χ2v) is 3.95. The lowest BCUT2D eigenvalue weighted by molar-refractivity contribution is 0.0259. The average molecular weight is 246 g/mol. The molecule has 1 atom stereocenters. The van der Waals surface area contributed by atoms with Gasteiger partial charge >= 0.3 is 0 Å². The van der Waals surface area contributed by atoms with Gasteiger partial charge in [0.2, 0.25) is 0 Å². The minimum Gasteiger partial charge on any atom is -0.493 e. The number of hydrogen-bond acceptors (Lipinski definition) is 3. The maximum Gasteiger partial charge on any atom is 0.183 e. The molecule has 1 N–H and O–H groups in total. The van der Waals surface area contributed by atoms with E-state index < -0.39 is 5.82 Å². The van der Waals surface area contributed by atoms with Gasteiger partial charge in [-0.15, -0.1) is 0 Å². The fourth-order valence-corrected chi connectivity index (χ4v) is 1.92. The van der Waals surface area contributed by atoms with Gasteiger partial charge in [0.05, 0.1) is 24.8 Å². The molecule has 1 aromatic rings. The molecular formula is C11H13ClFNO2. The van der Waals surface area contributed by atoms with Crippen LogP contribution in [0.15, 0.2) is 12.1 Å². The van der Waals surface area contributed by atoms with Crippen LogP contribution in [-0.2, 0) is 4.74 Å². The van der Waals surface area contributed by atoms with E-state index in [1.807, 2.05) is 0 Å². The van der Waals surface area contributed by atoms with Gasteiger partial charge in [-0.05, 0) is 6.07 Å². The summed E-state index contributed by atoms with van der Waals surface area (Å²) in [7, 11) is 1.43. The van der Waals surface area contributed by atoms with E-state index in [1.54, 1.807) is 6.07 Å². The van der Waals surface area contributed by atoms with Crippen molar-refractivity contribution in [2.24, 2.45) is 0 Å². The molecule has 0 aromatic heterocycles. The van der Waals surface area contributed by atoms with Gasteiger partial charge in [-0.1, -0.05) is 17.7 Å². The zero-order chi connectivity index (χ0) is 11.5. The summed E-state index contributed by atoms with van der Waals surface area (Å²) >= 11 is 5.69. The summed E-state index contributed by atoms with van der Waals surface area (Å²) in [5.74, 6) is -0.364. The Bertz CT molecular complexity index is 380. The van der Waals surface area contributed by atoms with E-state index >= 15 is 0 Å². The monoisotopic (exact) mass is 245 g/mol. The molecular weight excluding hydrogens is 233 g/mol. The lowest BCUT2D eigenvalue weighted by Crippen LogP contribution is -2.33. The van der Waals surface area contributed by atoms with E-state index in [4.69, 9.17) is 21.1 Å². The predicted molar refractivity (Wildman–Crippen MR) is 59.5 cm³/mol. The van der Waals surface area contributed by atoms with Gasteiger partial charge in [-0.25, -0.2) is 4.39 Å². The third-order valence-electron chi connectivity index (χ3n) is 2.56. The molecule has 0 aliphatic carbocycles. The van der Waals surface area contributed by atoms with E-state index in [2.05, 4.69) is 5.32 Å². The molecule has 16 heavy (non-hydrogen) atoms. The molecule has 0 radical (unpaired) electrons. The number of hydrogen-bond donors (Lipinski definition) is 1. The Labute approximate surface area is 98.5 Å². The Kier molecular flexibility index (Phi) is 3.63. The maximum atomic E-state index is 13.7. The number of ether oxygens (including phenoxy) is 2. The lowest BCUT2D eigenvalue weighted by atomic mass is 10.1. The minimum absolute atomic E-state index is 0.0596. The third kappa shape index (κ3) is 2.14. The highest BCUT2D eigenvalue weighted by Crippen LogP contribution is 2.34. The summed E-state index contributed by atoms with van der Waals surface area (Å²) in [5.41, 5.74) is 0.691. The Balaban J connectivity index is 2.35. The number of benzene rings is 1. The molecule has 3 nitrogen and oxygen atoms in total. The van der Waals surface area contributed by atoms with Gasteiger partial charge < -0.3 is 14.8 Å². The first kappa shape index (κ1) is 11.6. The van der Waals surface area contributed by atoms with Crippen LogP contribution in [0.5, 0.6) is 5.75 Å². The highest BCUT2D eigenvalue weighted by Gasteiger charge is 2.22. The number of morpholine rings is 1. The molecule has 1 saturated heterocycles. The minimum atomic E-state index is -0.532. The maximum absolute atomic E-state index is 13.7. The van der Waals surface area contributed by atoms with Crippen LogP contribution >= 0.6 is 11.6 Å². The smallest absolute Gasteiger partial charge is 0.183 e. The molecule has 1 aliphatic rings. The largest absolute Gasteiger partial charge is 0.493 e. The fraction of sp³-hybridized carbons (Fsp3) is 0.455. The van der Waals surface area contributed by atoms with Gasteiger partial charge in [0.25, 0.3) is 0 Å². The van der Waals surface area contributed by atoms with Gasteiger partial charge in [0, 0.05) is 18.7 Å². The summed E-state index contributed by atoms with van der Waals surface area (Å²) in [6, 6.07) is 3.26. The van der Waals surface area contributed by atoms with Crippen molar-refractivity contribution in [1.29, 1.82) is 0 Å². The number of rotatable bonds is 2. The number of halogens is 2. The summed E-state index contributed by atoms with van der Waals surface area (Å²) in [6.45, 7) is 2.07. The molecule has 0 saturated carbocycles. The SMILES string of the molecule is COc1c(C2CNCCO2)ccc(Cl)c1F. The van der Waals surface area contributed by atoms with Crippen molar-refractivity contribution in [3.05, 3.63) is 28.5 Å². The van der Waals surface area contributed by atoms with Crippen LogP contribution in [0.1, 0.15) is 11.7 Å². The standard InChI is InChI=1S/C11H13ClFNO2/c1-15-11-7(2-3-8(12)10(11)13)9-6-14-4-5-16-9/h2-3,9,14H,4-6H2,1H3. The van der Waals surface area contributed by atoms with Gasteiger partial charge in [0.15, 0.2) is 11.6 Å². The summed E-state index contributed by atoms with van der Waals surface area (Å²) < 4.78 is 24.3. The molecule has 1 aromatic carbocycles. The molecule has 0 spiro atoms. The average Bonchev–Trinajstić information content (AvgIpc) is 2.33. The van der Waals surface area contributed by atoms with Crippen LogP contribution in [0.3, 0.4) is 0 Å². The van der Waals surface area contributed by atoms with E-state index in [0.29, 0.717) is 18.7 Å². The van der Waals surface area contributed by atoms with Crippen molar-refractivity contribution in [3.63, 3.8) is 0 Å². The summed E-state index contributed by atoms with van der Waals surface area (Å²) in [6.07, 6.45) is -0.185. The number of methoxy groups -OCH3 is 1. The van der Waals surface area contributed by atoms with Crippen molar-refractivity contribution in [2.45, 2.75) is 6.10 Å². The molecule has 1 heterocycles. The Morgan fingerprint density at radius 2 is 2.38 bits per heavy atom. The van der Waals surface area contributed by atoms with Crippen LogP contribution in [0.25, 0.3) is 0 Å². The second-order valence-electron chi connectivity index (χ2n) is 3.55. The molecule has 1 unspecified atom stereocenters. The zero-order valence-electron chi connectivity index (χ0n) is 8.93. The zero-order valence-corrected chi connectivity index (χ0v) is 9.68. The first-order valence-corrected chi connectivity index (χ1v) is 5.46. The van der Waals surface area contributed by atoms with Gasteiger partial charge in [-0.3, -0.25) is 0 Å². The van der Waals surface area contributed by atoms with Crippen LogP contribution < -0.4 is 10.1 Å². The molecule has 0 amide bonds. The summed E-state index contributed by atoms with van der Waals surface area (Å²) in [5, 5.41) is 3.24. The van der Waals surface area contributed by atoms with Crippen LogP contribution in [0.4, 0.5) is 4.39 Å². The molecule has 2 rings (SSSR count). The molecule has 1 aliphatic heterocycles. The quantitative estimate of drug-likeness (QED) is 0.866. The fourth-order valence-electron chi connectivity index (χ4n) is 1.77. The van der Waals surface area contributed by atoms with Crippen molar-refractivity contribution < 1.29 is 13.9 Å². The van der Waals surface area contributed by atoms with Crippen LogP contribution in [0, 0.1) is 5.82 Å². The molecule has 0 bridgehead atoms. The first-order valence-electron chi connectivity index (χ1n) is 5.08. The molecule has 88 valence electrons. The summed E-state index contributed by atoms with van der Waals surface area (Å²) in [4.78, 5) is 0. The predicted octanol–water partition coefficient (Wildman–Crippen LogP) is 2.15. The molecule has 5 heteroatoms. The highest BCUT2D eigenvalue weighted by atomic mass is 35.5. The van der Waals surface area contributed by atoms with E-state index in [9.17, 15) is 4.39 Å². The number of nitrogens with one attached hydrogen (secondary N) is 1. The van der Waals surface area contributed by atoms with Crippen LogP contribution in [0.2, 0.25) is 5.02 Å². The second kappa shape index (κ2) is 4.99. The Hall–Kier alpha value is -0.840. The topological polar surface area (TPSA) is 30.5 Å². The van der Waals surface area contributed by atoms with Crippen molar-refractivity contribution >= 4 is 11.6 Å². The van der Waals surface area contributed by atoms with Gasteiger partial charge in [0.1, 0.15) is 0 Å². The van der Waals surface area contributed by atoms with E-state index in [-0.39, 0.29) is 16.9 Å². The molecule has 1 fully saturated rings. The Morgan fingerprint density at radius 3 is 3.00 bits per heavy atom. The van der Waals surface area contributed by atoms with Crippen molar-refractivity contribution in [2.75, 3.05) is 26.8 Å². The first-order chi connectivity index (χ1) is 7.74. The Morgan fingerprint density at radius 1 is 1.56 bits per heavy atom. The highest BCUT2D eigenvalue weighted by molar-refractivity contribution is 6.30.